The zero-order valence-electron chi connectivity index (χ0n) is 27.9. The van der Waals surface area contributed by atoms with E-state index in [1.54, 1.807) is 30.9 Å². The summed E-state index contributed by atoms with van der Waals surface area (Å²) in [5, 5.41) is 8.53. The normalized spacial score (nSPS) is 18.4. The van der Waals surface area contributed by atoms with Crippen LogP contribution in [0.4, 0.5) is 10.1 Å². The van der Waals surface area contributed by atoms with Crippen molar-refractivity contribution < 1.29 is 28.0 Å². The van der Waals surface area contributed by atoms with Gasteiger partial charge in [0.15, 0.2) is 0 Å². The molecule has 4 rings (SSSR count). The van der Waals surface area contributed by atoms with Gasteiger partial charge < -0.3 is 30.2 Å². The number of nitrogens with one attached hydrogen (secondary N) is 3. The molecule has 3 atom stereocenters. The number of piperazine rings is 1. The summed E-state index contributed by atoms with van der Waals surface area (Å²) in [6.45, 7) is 9.96. The second-order valence-electron chi connectivity index (χ2n) is 13.1. The highest BCUT2D eigenvalue weighted by atomic mass is 19.1. The number of anilines is 1. The van der Waals surface area contributed by atoms with Crippen LogP contribution in [0.3, 0.4) is 0 Å². The maximum atomic E-state index is 15.7. The number of halogens is 1. The van der Waals surface area contributed by atoms with Crippen molar-refractivity contribution >= 4 is 29.3 Å². The van der Waals surface area contributed by atoms with Crippen LogP contribution in [0.5, 0.6) is 0 Å². The maximum absolute atomic E-state index is 15.7. The predicted molar refractivity (Wildman–Crippen MR) is 175 cm³/mol. The minimum atomic E-state index is -0.857. The molecular formula is C35H50FN5O5. The molecule has 2 aromatic rings. The molecule has 2 heterocycles. The zero-order chi connectivity index (χ0) is 33.4. The molecule has 1 aromatic carbocycles. The van der Waals surface area contributed by atoms with Gasteiger partial charge in [-0.3, -0.25) is 19.2 Å². The molecule has 252 valence electrons. The van der Waals surface area contributed by atoms with Crippen molar-refractivity contribution in [1.82, 2.24) is 20.4 Å². The fourth-order valence-corrected chi connectivity index (χ4v) is 6.43. The Bertz CT molecular complexity index is 1360. The largest absolute Gasteiger partial charge is 0.468 e. The maximum Gasteiger partial charge on any atom is 0.255 e. The summed E-state index contributed by atoms with van der Waals surface area (Å²) >= 11 is 0. The van der Waals surface area contributed by atoms with Crippen molar-refractivity contribution in [3.05, 3.63) is 53.2 Å². The molecular weight excluding hydrogens is 589 g/mol. The van der Waals surface area contributed by atoms with Crippen LogP contribution in [0.25, 0.3) is 0 Å². The van der Waals surface area contributed by atoms with Crippen molar-refractivity contribution in [2.24, 2.45) is 5.92 Å². The summed E-state index contributed by atoms with van der Waals surface area (Å²) in [6.07, 6.45) is 7.31. The average molecular weight is 640 g/mol. The van der Waals surface area contributed by atoms with E-state index in [1.165, 1.54) is 18.4 Å². The first-order valence-electron chi connectivity index (χ1n) is 16.7. The second-order valence-corrected chi connectivity index (χ2v) is 13.1. The van der Waals surface area contributed by atoms with Crippen LogP contribution in [0, 0.1) is 11.7 Å². The number of nitrogens with zero attached hydrogens (tertiary/aromatic N) is 2. The van der Waals surface area contributed by atoms with Crippen molar-refractivity contribution in [1.29, 1.82) is 0 Å². The van der Waals surface area contributed by atoms with Crippen LogP contribution in [-0.4, -0.2) is 78.7 Å². The minimum Gasteiger partial charge on any atom is -0.468 e. The molecule has 2 fully saturated rings. The highest BCUT2D eigenvalue weighted by Crippen LogP contribution is 2.29. The van der Waals surface area contributed by atoms with E-state index >= 15 is 4.39 Å². The zero-order valence-corrected chi connectivity index (χ0v) is 27.9. The van der Waals surface area contributed by atoms with Gasteiger partial charge in [-0.25, -0.2) is 4.39 Å². The van der Waals surface area contributed by atoms with E-state index in [0.29, 0.717) is 30.0 Å². The minimum absolute atomic E-state index is 0.0114. The summed E-state index contributed by atoms with van der Waals surface area (Å²) < 4.78 is 21.2. The van der Waals surface area contributed by atoms with Crippen LogP contribution in [0.2, 0.25) is 0 Å². The van der Waals surface area contributed by atoms with Gasteiger partial charge in [0.1, 0.15) is 23.7 Å². The summed E-state index contributed by atoms with van der Waals surface area (Å²) in [5.74, 6) is -2.06. The number of carbonyl (C=O) groups is 4. The van der Waals surface area contributed by atoms with Gasteiger partial charge in [0.25, 0.3) is 5.91 Å². The number of amides is 4. The first-order chi connectivity index (χ1) is 22.0. The van der Waals surface area contributed by atoms with E-state index < -0.39 is 35.6 Å². The van der Waals surface area contributed by atoms with Crippen molar-refractivity contribution in [3.63, 3.8) is 0 Å². The molecule has 3 N–H and O–H groups in total. The second kappa shape index (κ2) is 16.2. The summed E-state index contributed by atoms with van der Waals surface area (Å²) in [6, 6.07) is 4.36. The Morgan fingerprint density at radius 3 is 2.24 bits per heavy atom. The summed E-state index contributed by atoms with van der Waals surface area (Å²) in [7, 11) is 2.00. The molecule has 0 spiro atoms. The van der Waals surface area contributed by atoms with Crippen molar-refractivity contribution in [3.8, 4) is 0 Å². The summed E-state index contributed by atoms with van der Waals surface area (Å²) in [4.78, 5) is 57.0. The van der Waals surface area contributed by atoms with Gasteiger partial charge in [-0.2, -0.15) is 0 Å². The molecule has 0 bridgehead atoms. The van der Waals surface area contributed by atoms with Gasteiger partial charge >= 0.3 is 0 Å². The van der Waals surface area contributed by atoms with Crippen molar-refractivity contribution in [2.75, 3.05) is 38.5 Å². The molecule has 46 heavy (non-hydrogen) atoms. The first kappa shape index (κ1) is 35.1. The molecule has 1 saturated heterocycles. The lowest BCUT2D eigenvalue weighted by molar-refractivity contribution is -0.138. The van der Waals surface area contributed by atoms with Crippen LogP contribution in [0.15, 0.2) is 34.9 Å². The number of furan rings is 1. The standard InChI is InChI=1S/C35H50FN5O5/c1-6-29(42)38-30(35(45)41-18-16-40(5)17-19-41)23(4)25-13-14-28(27(36)21-25)37-34(44)31(24-11-9-7-8-10-12-24)39-33(43)26-15-20-46-32(26)22(2)3/h13-15,20-24,30-31H,6-12,16-19H2,1-5H3,(H,37,44)(H,38,42)(H,39,43)/t23-,30+,31-/m0/s1. The fraction of sp³-hybridized carbons (Fsp3) is 0.600. The van der Waals surface area contributed by atoms with Gasteiger partial charge in [-0.15, -0.1) is 0 Å². The number of carbonyl (C=O) groups excluding carboxylic acids is 4. The van der Waals surface area contributed by atoms with Gasteiger partial charge in [0.2, 0.25) is 17.7 Å². The lowest BCUT2D eigenvalue weighted by Crippen LogP contribution is -2.55. The van der Waals surface area contributed by atoms with E-state index in [4.69, 9.17) is 4.42 Å². The third kappa shape index (κ3) is 8.74. The highest BCUT2D eigenvalue weighted by Gasteiger charge is 2.34. The molecule has 10 nitrogen and oxygen atoms in total. The number of hydrogen-bond acceptors (Lipinski definition) is 6. The highest BCUT2D eigenvalue weighted by molar-refractivity contribution is 6.02. The van der Waals surface area contributed by atoms with E-state index in [9.17, 15) is 19.2 Å². The Morgan fingerprint density at radius 2 is 1.63 bits per heavy atom. The van der Waals surface area contributed by atoms with Crippen LogP contribution in [0.1, 0.15) is 106 Å². The summed E-state index contributed by atoms with van der Waals surface area (Å²) in [5.41, 5.74) is 0.899. The van der Waals surface area contributed by atoms with Crippen LogP contribution >= 0.6 is 0 Å². The number of hydrogen-bond donors (Lipinski definition) is 3. The Balaban J connectivity index is 1.53. The van der Waals surface area contributed by atoms with E-state index in [0.717, 1.165) is 51.6 Å². The van der Waals surface area contributed by atoms with Gasteiger partial charge in [0.05, 0.1) is 17.5 Å². The van der Waals surface area contributed by atoms with Crippen LogP contribution < -0.4 is 16.0 Å². The monoisotopic (exact) mass is 639 g/mol. The Hall–Kier alpha value is -3.73. The fourth-order valence-electron chi connectivity index (χ4n) is 6.43. The Kier molecular flexibility index (Phi) is 12.4. The van der Waals surface area contributed by atoms with E-state index in [-0.39, 0.29) is 35.8 Å². The topological polar surface area (TPSA) is 124 Å². The van der Waals surface area contributed by atoms with Gasteiger partial charge in [0, 0.05) is 44.4 Å². The lowest BCUT2D eigenvalue weighted by atomic mass is 9.90. The lowest BCUT2D eigenvalue weighted by Gasteiger charge is -2.36. The smallest absolute Gasteiger partial charge is 0.255 e. The molecule has 2 aliphatic rings. The number of rotatable bonds is 11. The quantitative estimate of drug-likeness (QED) is 0.297. The molecule has 1 aliphatic heterocycles. The molecule has 1 aromatic heterocycles. The van der Waals surface area contributed by atoms with E-state index in [1.807, 2.05) is 20.9 Å². The predicted octanol–water partition coefficient (Wildman–Crippen LogP) is 5.02. The molecule has 4 amide bonds. The Labute approximate surface area is 271 Å². The average Bonchev–Trinajstić information content (AvgIpc) is 3.40. The molecule has 11 heteroatoms. The third-order valence-electron chi connectivity index (χ3n) is 9.40. The van der Waals surface area contributed by atoms with Gasteiger partial charge in [-0.1, -0.05) is 59.4 Å². The third-order valence-corrected chi connectivity index (χ3v) is 9.40. The Morgan fingerprint density at radius 1 is 0.957 bits per heavy atom. The molecule has 0 unspecified atom stereocenters. The first-order valence-corrected chi connectivity index (χ1v) is 16.7. The van der Waals surface area contributed by atoms with Crippen LogP contribution in [-0.2, 0) is 14.4 Å². The SMILES string of the molecule is CCC(=O)N[C@@H](C(=O)N1CCN(C)CC1)[C@@H](C)c1ccc(NC(=O)[C@@H](NC(=O)c2ccoc2C(C)C)C2CCCCCC2)c(F)c1. The molecule has 1 aliphatic carbocycles. The van der Waals surface area contributed by atoms with Crippen molar-refractivity contribution in [2.45, 2.75) is 96.6 Å². The number of benzene rings is 1. The van der Waals surface area contributed by atoms with Gasteiger partial charge in [-0.05, 0) is 49.6 Å². The number of likely N-dealkylation sites (N-methyl/N-ethyl adjacent to an activating group) is 1. The molecule has 1 saturated carbocycles. The molecule has 0 radical (unpaired) electrons. The van der Waals surface area contributed by atoms with E-state index in [2.05, 4.69) is 20.9 Å².